The minimum absolute atomic E-state index is 0.486. The highest BCUT2D eigenvalue weighted by Crippen LogP contribution is 2.26. The molecule has 0 radical (unpaired) electrons. The molecule has 1 aromatic rings. The van der Waals surface area contributed by atoms with Gasteiger partial charge in [-0.1, -0.05) is 6.07 Å². The minimum Gasteiger partial charge on any atom is -0.496 e. The molecular weight excluding hydrogens is 206 g/mol. The van der Waals surface area contributed by atoms with Gasteiger partial charge in [0.2, 0.25) is 0 Å². The van der Waals surface area contributed by atoms with Crippen LogP contribution in [0.1, 0.15) is 16.7 Å². The lowest BCUT2D eigenvalue weighted by Crippen LogP contribution is -2.41. The fourth-order valence-electron chi connectivity index (χ4n) is 2.06. The quantitative estimate of drug-likeness (QED) is 0.785. The van der Waals surface area contributed by atoms with E-state index in [2.05, 4.69) is 11.4 Å². The van der Waals surface area contributed by atoms with E-state index in [1.807, 2.05) is 13.0 Å². The van der Waals surface area contributed by atoms with Crippen molar-refractivity contribution < 1.29 is 14.6 Å². The van der Waals surface area contributed by atoms with Crippen molar-refractivity contribution in [1.82, 2.24) is 5.32 Å². The molecular formula is C12H15NO3. The molecule has 1 unspecified atom stereocenters. The van der Waals surface area contributed by atoms with Crippen molar-refractivity contribution in [3.05, 3.63) is 28.8 Å². The molecule has 0 fully saturated rings. The number of benzene rings is 1. The molecule has 1 atom stereocenters. The maximum Gasteiger partial charge on any atom is 0.321 e. The lowest BCUT2D eigenvalue weighted by molar-refractivity contribution is -0.139. The van der Waals surface area contributed by atoms with Crippen LogP contribution in [0.3, 0.4) is 0 Å². The fraction of sp³-hybridized carbons (Fsp3) is 0.417. The number of nitrogens with one attached hydrogen (secondary N) is 1. The van der Waals surface area contributed by atoms with E-state index in [-0.39, 0.29) is 0 Å². The van der Waals surface area contributed by atoms with Gasteiger partial charge in [-0.05, 0) is 36.1 Å². The molecule has 86 valence electrons. The molecule has 2 rings (SSSR count). The van der Waals surface area contributed by atoms with Crippen LogP contribution in [0.25, 0.3) is 0 Å². The van der Waals surface area contributed by atoms with Gasteiger partial charge in [-0.3, -0.25) is 4.79 Å². The van der Waals surface area contributed by atoms with E-state index in [0.29, 0.717) is 13.0 Å². The fourth-order valence-corrected chi connectivity index (χ4v) is 2.06. The summed E-state index contributed by atoms with van der Waals surface area (Å²) in [7, 11) is 1.63. The van der Waals surface area contributed by atoms with Crippen LogP contribution in [-0.2, 0) is 17.8 Å². The molecule has 1 aromatic carbocycles. The first-order chi connectivity index (χ1) is 7.61. The second kappa shape index (κ2) is 4.14. The monoisotopic (exact) mass is 221 g/mol. The number of carbonyl (C=O) groups is 1. The molecule has 1 heterocycles. The Morgan fingerprint density at radius 2 is 2.25 bits per heavy atom. The van der Waals surface area contributed by atoms with Gasteiger partial charge in [0.1, 0.15) is 11.8 Å². The van der Waals surface area contributed by atoms with Gasteiger partial charge in [0, 0.05) is 6.54 Å². The number of carboxylic acid groups (broad SMARTS) is 1. The Hall–Kier alpha value is -1.55. The number of aryl methyl sites for hydroxylation is 1. The Balaban J connectivity index is 2.34. The van der Waals surface area contributed by atoms with Gasteiger partial charge in [0.15, 0.2) is 0 Å². The first-order valence-electron chi connectivity index (χ1n) is 5.24. The Labute approximate surface area is 94.2 Å². The maximum atomic E-state index is 10.9. The Kier molecular flexibility index (Phi) is 2.83. The molecule has 2 N–H and O–H groups in total. The molecule has 16 heavy (non-hydrogen) atoms. The predicted octanol–water partition coefficient (Wildman–Crippen LogP) is 1.10. The molecule has 4 heteroatoms. The number of ether oxygens (including phenoxy) is 1. The highest BCUT2D eigenvalue weighted by atomic mass is 16.5. The molecule has 1 aliphatic heterocycles. The summed E-state index contributed by atoms with van der Waals surface area (Å²) in [6.07, 6.45) is 0.515. The Morgan fingerprint density at radius 3 is 2.88 bits per heavy atom. The molecule has 0 amide bonds. The highest BCUT2D eigenvalue weighted by Gasteiger charge is 2.24. The van der Waals surface area contributed by atoms with Gasteiger partial charge in [0.25, 0.3) is 0 Å². The third-order valence-electron chi connectivity index (χ3n) is 2.98. The van der Waals surface area contributed by atoms with E-state index < -0.39 is 12.0 Å². The van der Waals surface area contributed by atoms with Crippen molar-refractivity contribution in [3.63, 3.8) is 0 Å². The van der Waals surface area contributed by atoms with E-state index in [0.717, 1.165) is 22.4 Å². The summed E-state index contributed by atoms with van der Waals surface area (Å²) in [5, 5.41) is 12.0. The van der Waals surface area contributed by atoms with Crippen molar-refractivity contribution in [2.75, 3.05) is 7.11 Å². The Morgan fingerprint density at radius 1 is 1.50 bits per heavy atom. The second-order valence-electron chi connectivity index (χ2n) is 4.07. The van der Waals surface area contributed by atoms with Crippen LogP contribution in [0.15, 0.2) is 12.1 Å². The van der Waals surface area contributed by atoms with E-state index in [1.165, 1.54) is 0 Å². The molecule has 4 nitrogen and oxygen atoms in total. The summed E-state index contributed by atoms with van der Waals surface area (Å²) < 4.78 is 5.24. The predicted molar refractivity (Wildman–Crippen MR) is 59.7 cm³/mol. The Bertz CT molecular complexity index is 429. The lowest BCUT2D eigenvalue weighted by Gasteiger charge is -2.24. The maximum absolute atomic E-state index is 10.9. The van der Waals surface area contributed by atoms with Crippen molar-refractivity contribution in [2.45, 2.75) is 25.9 Å². The third kappa shape index (κ3) is 1.88. The first-order valence-corrected chi connectivity index (χ1v) is 5.24. The number of aliphatic carboxylic acids is 1. The lowest BCUT2D eigenvalue weighted by atomic mass is 9.94. The molecule has 1 aliphatic rings. The zero-order valence-electron chi connectivity index (χ0n) is 9.41. The third-order valence-corrected chi connectivity index (χ3v) is 2.98. The van der Waals surface area contributed by atoms with Crippen molar-refractivity contribution in [2.24, 2.45) is 0 Å². The topological polar surface area (TPSA) is 58.6 Å². The van der Waals surface area contributed by atoms with Crippen molar-refractivity contribution >= 4 is 5.97 Å². The summed E-state index contributed by atoms with van der Waals surface area (Å²) in [5.74, 6) is 0.0231. The van der Waals surface area contributed by atoms with Gasteiger partial charge in [-0.15, -0.1) is 0 Å². The van der Waals surface area contributed by atoms with E-state index in [9.17, 15) is 4.79 Å². The van der Waals surface area contributed by atoms with Crippen LogP contribution in [0, 0.1) is 6.92 Å². The van der Waals surface area contributed by atoms with Crippen molar-refractivity contribution in [1.29, 1.82) is 0 Å². The number of methoxy groups -OCH3 is 1. The van der Waals surface area contributed by atoms with E-state index >= 15 is 0 Å². The largest absolute Gasteiger partial charge is 0.496 e. The molecule has 0 saturated heterocycles. The number of hydrogen-bond donors (Lipinski definition) is 2. The van der Waals surface area contributed by atoms with E-state index in [1.54, 1.807) is 7.11 Å². The van der Waals surface area contributed by atoms with Crippen molar-refractivity contribution in [3.8, 4) is 5.75 Å². The number of fused-ring (bicyclic) bond motifs is 1. The van der Waals surface area contributed by atoms with Crippen LogP contribution >= 0.6 is 0 Å². The molecule has 0 bridgehead atoms. The van der Waals surface area contributed by atoms with Gasteiger partial charge in [-0.25, -0.2) is 0 Å². The standard InChI is InChI=1S/C12H15NO3/c1-7-3-9-6-13-10(12(14)15)4-8(9)5-11(7)16-2/h3,5,10,13H,4,6H2,1-2H3,(H,14,15). The van der Waals surface area contributed by atoms with Crippen LogP contribution in [0.5, 0.6) is 5.75 Å². The number of rotatable bonds is 2. The van der Waals surface area contributed by atoms with Crippen LogP contribution in [0.4, 0.5) is 0 Å². The molecule has 0 saturated carbocycles. The number of hydrogen-bond acceptors (Lipinski definition) is 3. The van der Waals surface area contributed by atoms with Gasteiger partial charge in [-0.2, -0.15) is 0 Å². The molecule has 0 spiro atoms. The zero-order valence-corrected chi connectivity index (χ0v) is 9.41. The molecule has 0 aromatic heterocycles. The minimum atomic E-state index is -0.801. The SMILES string of the molecule is COc1cc2c(cc1C)CNC(C(=O)O)C2. The highest BCUT2D eigenvalue weighted by molar-refractivity contribution is 5.74. The summed E-state index contributed by atoms with van der Waals surface area (Å²) in [5.41, 5.74) is 3.31. The molecule has 0 aliphatic carbocycles. The normalized spacial score (nSPS) is 19.0. The van der Waals surface area contributed by atoms with Crippen LogP contribution in [0.2, 0.25) is 0 Å². The van der Waals surface area contributed by atoms with E-state index in [4.69, 9.17) is 9.84 Å². The van der Waals surface area contributed by atoms with Gasteiger partial charge >= 0.3 is 5.97 Å². The van der Waals surface area contributed by atoms with Gasteiger partial charge in [0.05, 0.1) is 7.11 Å². The summed E-state index contributed by atoms with van der Waals surface area (Å²) in [6, 6.07) is 3.51. The average molecular weight is 221 g/mol. The summed E-state index contributed by atoms with van der Waals surface area (Å²) in [4.78, 5) is 10.9. The summed E-state index contributed by atoms with van der Waals surface area (Å²) >= 11 is 0. The smallest absolute Gasteiger partial charge is 0.321 e. The first kappa shape index (κ1) is 11.0. The summed E-state index contributed by atoms with van der Waals surface area (Å²) in [6.45, 7) is 2.60. The second-order valence-corrected chi connectivity index (χ2v) is 4.07. The van der Waals surface area contributed by atoms with Crippen LogP contribution < -0.4 is 10.1 Å². The average Bonchev–Trinajstić information content (AvgIpc) is 2.27. The van der Waals surface area contributed by atoms with Gasteiger partial charge < -0.3 is 15.2 Å². The number of carboxylic acids is 1. The van der Waals surface area contributed by atoms with Crippen LogP contribution in [-0.4, -0.2) is 24.2 Å². The zero-order chi connectivity index (χ0) is 11.7.